The molecule has 212 valence electrons. The van der Waals surface area contributed by atoms with Crippen LogP contribution in [0.5, 0.6) is 0 Å². The van der Waals surface area contributed by atoms with Gasteiger partial charge in [-0.1, -0.05) is 37.8 Å². The SMILES string of the molecule is C=CC=Nc1cc(C)cnc1C.C=c1[nH]c(CC)c(Cl)/c1=C(/N=C(C)C)N1CC(C)(NC(=O)OC(C)(C)C)C1. The lowest BCUT2D eigenvalue weighted by molar-refractivity contribution is 0.0315. The second kappa shape index (κ2) is 13.1. The molecule has 1 aliphatic heterocycles. The van der Waals surface area contributed by atoms with Crippen LogP contribution in [-0.2, 0) is 11.2 Å². The van der Waals surface area contributed by atoms with Crippen LogP contribution in [0, 0.1) is 13.8 Å². The van der Waals surface area contributed by atoms with E-state index >= 15 is 0 Å². The molecule has 0 atom stereocenters. The van der Waals surface area contributed by atoms with Gasteiger partial charge in [-0.25, -0.2) is 9.79 Å². The predicted octanol–water partition coefficient (Wildman–Crippen LogP) is 5.37. The van der Waals surface area contributed by atoms with E-state index < -0.39 is 11.7 Å². The Labute approximate surface area is 237 Å². The van der Waals surface area contributed by atoms with E-state index in [2.05, 4.69) is 38.3 Å². The number of alkyl carbamates (subject to hydrolysis) is 1. The summed E-state index contributed by atoms with van der Waals surface area (Å²) in [6, 6.07) is 2.00. The molecule has 0 aromatic carbocycles. The number of hydrogen-bond donors (Lipinski definition) is 2. The second-order valence-corrected chi connectivity index (χ2v) is 11.6. The van der Waals surface area contributed by atoms with Crippen LogP contribution in [0.4, 0.5) is 10.5 Å². The van der Waals surface area contributed by atoms with E-state index in [4.69, 9.17) is 21.3 Å². The number of pyridine rings is 1. The number of nitrogens with zero attached hydrogens (tertiary/aromatic N) is 4. The maximum Gasteiger partial charge on any atom is 0.408 e. The first-order chi connectivity index (χ1) is 18.1. The molecule has 2 aromatic heterocycles. The minimum Gasteiger partial charge on any atom is -0.444 e. The highest BCUT2D eigenvalue weighted by atomic mass is 35.5. The summed E-state index contributed by atoms with van der Waals surface area (Å²) in [6.45, 7) is 26.3. The van der Waals surface area contributed by atoms with Crippen LogP contribution in [0.15, 0.2) is 34.9 Å². The van der Waals surface area contributed by atoms with E-state index in [1.54, 1.807) is 12.3 Å². The number of aromatic nitrogens is 2. The Bertz CT molecular complexity index is 1360. The molecule has 0 unspecified atom stereocenters. The molecule has 2 aromatic rings. The first kappa shape index (κ1) is 31.8. The molecule has 3 heterocycles. The van der Waals surface area contributed by atoms with Gasteiger partial charge in [0.1, 0.15) is 11.4 Å². The maximum absolute atomic E-state index is 12.1. The molecule has 0 saturated carbocycles. The van der Waals surface area contributed by atoms with Crippen molar-refractivity contribution in [3.8, 4) is 0 Å². The first-order valence-corrected chi connectivity index (χ1v) is 13.4. The third-order valence-electron chi connectivity index (χ3n) is 5.69. The van der Waals surface area contributed by atoms with Crippen molar-refractivity contribution in [2.24, 2.45) is 9.98 Å². The molecule has 8 nitrogen and oxygen atoms in total. The molecular weight excluding hydrogens is 512 g/mol. The molecule has 9 heteroatoms. The van der Waals surface area contributed by atoms with Crippen LogP contribution in [0.25, 0.3) is 12.4 Å². The van der Waals surface area contributed by atoms with Gasteiger partial charge in [-0.05, 0) is 73.4 Å². The quantitative estimate of drug-likeness (QED) is 0.469. The van der Waals surface area contributed by atoms with Gasteiger partial charge in [-0.3, -0.25) is 9.98 Å². The number of aryl methyl sites for hydroxylation is 3. The smallest absolute Gasteiger partial charge is 0.408 e. The molecule has 3 rings (SSSR count). The van der Waals surface area contributed by atoms with Crippen molar-refractivity contribution in [1.82, 2.24) is 20.2 Å². The van der Waals surface area contributed by atoms with Gasteiger partial charge >= 0.3 is 6.09 Å². The summed E-state index contributed by atoms with van der Waals surface area (Å²) in [5.74, 6) is 0.782. The number of carbonyl (C=O) groups excluding carboxylic acids is 1. The lowest BCUT2D eigenvalue weighted by Gasteiger charge is -2.49. The molecule has 0 radical (unpaired) electrons. The zero-order valence-electron chi connectivity index (χ0n) is 24.8. The fourth-order valence-electron chi connectivity index (χ4n) is 4.02. The van der Waals surface area contributed by atoms with E-state index in [1.165, 1.54) is 0 Å². The summed E-state index contributed by atoms with van der Waals surface area (Å²) in [4.78, 5) is 30.5. The number of aliphatic imine (C=N–C) groups is 2. The third kappa shape index (κ3) is 9.10. The topological polar surface area (TPSA) is 95.0 Å². The maximum atomic E-state index is 12.1. The summed E-state index contributed by atoms with van der Waals surface area (Å²) in [5, 5.41) is 5.21. The van der Waals surface area contributed by atoms with Gasteiger partial charge in [0, 0.05) is 42.3 Å². The van der Waals surface area contributed by atoms with Crippen molar-refractivity contribution in [3.05, 3.63) is 57.5 Å². The van der Waals surface area contributed by atoms with Crippen molar-refractivity contribution in [2.75, 3.05) is 13.1 Å². The first-order valence-electron chi connectivity index (χ1n) is 13.0. The Morgan fingerprint density at radius 1 is 1.33 bits per heavy atom. The van der Waals surface area contributed by atoms with Crippen LogP contribution in [0.1, 0.15) is 65.4 Å². The molecule has 0 spiro atoms. The van der Waals surface area contributed by atoms with Crippen LogP contribution < -0.4 is 15.9 Å². The number of H-pyrrole nitrogens is 1. The Balaban J connectivity index is 0.000000370. The molecule has 39 heavy (non-hydrogen) atoms. The van der Waals surface area contributed by atoms with E-state index in [9.17, 15) is 4.79 Å². The van der Waals surface area contributed by atoms with E-state index in [0.717, 1.165) is 51.2 Å². The Kier molecular flexibility index (Phi) is 10.7. The standard InChI is InChI=1S/C20H31ClN4O2.C10H12N2/c1-9-14-16(21)15(13(4)23-14)17(22-12(2)3)25-10-20(8,11-25)24-18(26)27-19(5,6)7;1-4-5-11-10-6-8(2)7-12-9(10)3/h23H,4,9-11H2,1-3,5-8H3,(H,24,26);4-7H,1H2,2-3H3/b17-15-;. The van der Waals surface area contributed by atoms with Crippen LogP contribution >= 0.6 is 11.6 Å². The van der Waals surface area contributed by atoms with Crippen LogP contribution in [-0.4, -0.2) is 57.1 Å². The van der Waals surface area contributed by atoms with Gasteiger partial charge in [0.15, 0.2) is 0 Å². The van der Waals surface area contributed by atoms with Crippen LogP contribution in [0.2, 0.25) is 5.02 Å². The number of amides is 1. The van der Waals surface area contributed by atoms with Crippen molar-refractivity contribution in [1.29, 1.82) is 0 Å². The molecular formula is C30H43ClN6O2. The molecule has 1 fully saturated rings. The van der Waals surface area contributed by atoms with Crippen molar-refractivity contribution < 1.29 is 9.53 Å². The highest BCUT2D eigenvalue weighted by molar-refractivity contribution is 6.31. The van der Waals surface area contributed by atoms with Crippen molar-refractivity contribution in [3.63, 3.8) is 0 Å². The number of likely N-dealkylation sites (tertiary alicyclic amines) is 1. The summed E-state index contributed by atoms with van der Waals surface area (Å²) >= 11 is 6.58. The Morgan fingerprint density at radius 2 is 1.97 bits per heavy atom. The van der Waals surface area contributed by atoms with Gasteiger partial charge < -0.3 is 19.9 Å². The highest BCUT2D eigenvalue weighted by Gasteiger charge is 2.42. The summed E-state index contributed by atoms with van der Waals surface area (Å²) < 4.78 is 5.37. The average Bonchev–Trinajstić information content (AvgIpc) is 3.08. The predicted molar refractivity (Wildman–Crippen MR) is 164 cm³/mol. The monoisotopic (exact) mass is 554 g/mol. The average molecular weight is 555 g/mol. The molecule has 1 aliphatic rings. The fraction of sp³-hybridized carbons (Fsp3) is 0.467. The van der Waals surface area contributed by atoms with Crippen LogP contribution in [0.3, 0.4) is 0 Å². The Hall–Kier alpha value is -3.39. The molecule has 1 saturated heterocycles. The number of nitrogens with one attached hydrogen (secondary N) is 2. The molecule has 2 N–H and O–H groups in total. The largest absolute Gasteiger partial charge is 0.444 e. The zero-order valence-corrected chi connectivity index (χ0v) is 25.6. The number of hydrogen-bond acceptors (Lipinski definition) is 6. The molecule has 0 aliphatic carbocycles. The number of halogens is 1. The summed E-state index contributed by atoms with van der Waals surface area (Å²) in [5.41, 5.74) is 3.94. The fourth-order valence-corrected chi connectivity index (χ4v) is 4.40. The van der Waals surface area contributed by atoms with Gasteiger partial charge in [0.25, 0.3) is 0 Å². The van der Waals surface area contributed by atoms with Crippen molar-refractivity contribution in [2.45, 2.75) is 79.9 Å². The number of rotatable bonds is 6. The third-order valence-corrected chi connectivity index (χ3v) is 6.11. The van der Waals surface area contributed by atoms with Gasteiger partial charge in [-0.2, -0.15) is 0 Å². The Morgan fingerprint density at radius 3 is 2.49 bits per heavy atom. The summed E-state index contributed by atoms with van der Waals surface area (Å²) in [7, 11) is 0. The lowest BCUT2D eigenvalue weighted by Crippen LogP contribution is -2.68. The van der Waals surface area contributed by atoms with E-state index in [0.29, 0.717) is 18.1 Å². The number of carbonyl (C=O) groups is 1. The van der Waals surface area contributed by atoms with Gasteiger partial charge in [-0.15, -0.1) is 0 Å². The van der Waals surface area contributed by atoms with E-state index in [1.807, 2.05) is 74.6 Å². The highest BCUT2D eigenvalue weighted by Crippen LogP contribution is 2.27. The summed E-state index contributed by atoms with van der Waals surface area (Å²) in [6.07, 6.45) is 5.54. The van der Waals surface area contributed by atoms with E-state index in [-0.39, 0.29) is 5.54 Å². The minimum absolute atomic E-state index is 0.386. The normalized spacial score (nSPS) is 15.1. The van der Waals surface area contributed by atoms with Gasteiger partial charge in [0.2, 0.25) is 0 Å². The van der Waals surface area contributed by atoms with Gasteiger partial charge in [0.05, 0.1) is 27.2 Å². The molecule has 1 amide bonds. The van der Waals surface area contributed by atoms with Crippen molar-refractivity contribution >= 4 is 47.7 Å². The minimum atomic E-state index is -0.525. The number of ether oxygens (including phenoxy) is 1. The lowest BCUT2D eigenvalue weighted by atomic mass is 9.92. The zero-order chi connectivity index (χ0) is 29.5. The second-order valence-electron chi connectivity index (χ2n) is 11.2. The number of aromatic amines is 1. The molecule has 0 bridgehead atoms. The number of allylic oxidation sites excluding steroid dienone is 1.